The quantitative estimate of drug-likeness (QED) is 0.881. The SMILES string of the molecule is FC(F)Oc1cccc(OC2CCNCC2)c1. The number of halogens is 2. The van der Waals surface area contributed by atoms with Crippen LogP contribution in [0.1, 0.15) is 12.8 Å². The summed E-state index contributed by atoms with van der Waals surface area (Å²) in [4.78, 5) is 0. The van der Waals surface area contributed by atoms with Gasteiger partial charge in [-0.3, -0.25) is 0 Å². The van der Waals surface area contributed by atoms with Gasteiger partial charge in [-0.15, -0.1) is 0 Å². The minimum atomic E-state index is -2.80. The smallest absolute Gasteiger partial charge is 0.387 e. The van der Waals surface area contributed by atoms with Crippen LogP contribution in [0.25, 0.3) is 0 Å². The molecular formula is C12H15F2NO2. The second-order valence-corrected chi connectivity index (χ2v) is 3.92. The predicted molar refractivity (Wildman–Crippen MR) is 59.6 cm³/mol. The summed E-state index contributed by atoms with van der Waals surface area (Å²) in [7, 11) is 0. The molecule has 17 heavy (non-hydrogen) atoms. The second-order valence-electron chi connectivity index (χ2n) is 3.92. The summed E-state index contributed by atoms with van der Waals surface area (Å²) in [5.74, 6) is 0.710. The van der Waals surface area contributed by atoms with Gasteiger partial charge in [0.15, 0.2) is 0 Å². The van der Waals surface area contributed by atoms with Crippen molar-refractivity contribution in [2.75, 3.05) is 13.1 Å². The fraction of sp³-hybridized carbons (Fsp3) is 0.500. The highest BCUT2D eigenvalue weighted by molar-refractivity contribution is 5.33. The van der Waals surface area contributed by atoms with Crippen LogP contribution in [0.3, 0.4) is 0 Å². The molecule has 0 amide bonds. The summed E-state index contributed by atoms with van der Waals surface area (Å²) in [5.41, 5.74) is 0. The van der Waals surface area contributed by atoms with Crippen molar-refractivity contribution in [3.63, 3.8) is 0 Å². The zero-order valence-corrected chi connectivity index (χ0v) is 9.36. The van der Waals surface area contributed by atoms with E-state index in [9.17, 15) is 8.78 Å². The average molecular weight is 243 g/mol. The van der Waals surface area contributed by atoms with E-state index >= 15 is 0 Å². The highest BCUT2D eigenvalue weighted by Crippen LogP contribution is 2.23. The first-order chi connectivity index (χ1) is 8.24. The molecule has 0 aliphatic carbocycles. The molecule has 0 radical (unpaired) electrons. The molecule has 1 saturated heterocycles. The van der Waals surface area contributed by atoms with Crippen LogP contribution in [0, 0.1) is 0 Å². The number of piperidine rings is 1. The van der Waals surface area contributed by atoms with E-state index in [1.165, 1.54) is 12.1 Å². The molecule has 2 rings (SSSR count). The molecule has 0 spiro atoms. The molecule has 1 fully saturated rings. The van der Waals surface area contributed by atoms with Crippen LogP contribution in [0.4, 0.5) is 8.78 Å². The number of rotatable bonds is 4. The van der Waals surface area contributed by atoms with Crippen LogP contribution in [0.15, 0.2) is 24.3 Å². The van der Waals surface area contributed by atoms with Crippen molar-refractivity contribution in [1.82, 2.24) is 5.32 Å². The van der Waals surface area contributed by atoms with Gasteiger partial charge in [0.2, 0.25) is 0 Å². The van der Waals surface area contributed by atoms with Crippen molar-refractivity contribution in [2.24, 2.45) is 0 Å². The molecule has 0 atom stereocenters. The van der Waals surface area contributed by atoms with Gasteiger partial charge in [-0.05, 0) is 38.1 Å². The van der Waals surface area contributed by atoms with Gasteiger partial charge in [0.1, 0.15) is 17.6 Å². The average Bonchev–Trinajstić information content (AvgIpc) is 2.30. The van der Waals surface area contributed by atoms with E-state index < -0.39 is 6.61 Å². The van der Waals surface area contributed by atoms with Gasteiger partial charge in [0.25, 0.3) is 0 Å². The van der Waals surface area contributed by atoms with Gasteiger partial charge >= 0.3 is 6.61 Å². The number of benzene rings is 1. The maximum atomic E-state index is 12.0. The molecule has 1 aromatic rings. The summed E-state index contributed by atoms with van der Waals surface area (Å²) in [6.07, 6.45) is 2.01. The first-order valence-electron chi connectivity index (χ1n) is 5.66. The molecule has 1 aliphatic rings. The van der Waals surface area contributed by atoms with Gasteiger partial charge in [0.05, 0.1) is 0 Å². The lowest BCUT2D eigenvalue weighted by molar-refractivity contribution is -0.0499. The summed E-state index contributed by atoms with van der Waals surface area (Å²) in [6, 6.07) is 6.38. The lowest BCUT2D eigenvalue weighted by Crippen LogP contribution is -2.34. The van der Waals surface area contributed by atoms with E-state index in [-0.39, 0.29) is 11.9 Å². The first-order valence-corrected chi connectivity index (χ1v) is 5.66. The molecule has 1 aliphatic heterocycles. The molecule has 0 aromatic heterocycles. The van der Waals surface area contributed by atoms with Crippen molar-refractivity contribution < 1.29 is 18.3 Å². The minimum absolute atomic E-state index is 0.131. The van der Waals surface area contributed by atoms with E-state index in [0.29, 0.717) is 5.75 Å². The lowest BCUT2D eigenvalue weighted by Gasteiger charge is -2.23. The van der Waals surface area contributed by atoms with E-state index in [1.807, 2.05) is 0 Å². The summed E-state index contributed by atoms with van der Waals surface area (Å²) in [6.45, 7) is -0.945. The first kappa shape index (κ1) is 12.1. The van der Waals surface area contributed by atoms with Crippen LogP contribution < -0.4 is 14.8 Å². The predicted octanol–water partition coefficient (Wildman–Crippen LogP) is 2.42. The van der Waals surface area contributed by atoms with Crippen LogP contribution in [0.2, 0.25) is 0 Å². The standard InChI is InChI=1S/C12H15F2NO2/c13-12(14)17-11-3-1-2-10(8-11)16-9-4-6-15-7-5-9/h1-3,8-9,12,15H,4-7H2. The van der Waals surface area contributed by atoms with Crippen LogP contribution >= 0.6 is 0 Å². The fourth-order valence-corrected chi connectivity index (χ4v) is 1.83. The topological polar surface area (TPSA) is 30.5 Å². The molecule has 0 bridgehead atoms. The summed E-state index contributed by atoms with van der Waals surface area (Å²) >= 11 is 0. The fourth-order valence-electron chi connectivity index (χ4n) is 1.83. The number of hydrogen-bond acceptors (Lipinski definition) is 3. The van der Waals surface area contributed by atoms with Gasteiger partial charge in [-0.1, -0.05) is 6.07 Å². The number of nitrogens with one attached hydrogen (secondary N) is 1. The van der Waals surface area contributed by atoms with Crippen molar-refractivity contribution >= 4 is 0 Å². The van der Waals surface area contributed by atoms with Crippen molar-refractivity contribution in [1.29, 1.82) is 0 Å². The van der Waals surface area contributed by atoms with Crippen LogP contribution in [-0.2, 0) is 0 Å². The maximum absolute atomic E-state index is 12.0. The Morgan fingerprint density at radius 2 is 1.88 bits per heavy atom. The molecule has 1 aromatic carbocycles. The van der Waals surface area contributed by atoms with Gasteiger partial charge < -0.3 is 14.8 Å². The Morgan fingerprint density at radius 1 is 1.18 bits per heavy atom. The molecule has 0 unspecified atom stereocenters. The Bertz CT molecular complexity index is 354. The zero-order chi connectivity index (χ0) is 12.1. The van der Waals surface area contributed by atoms with Crippen molar-refractivity contribution in [2.45, 2.75) is 25.6 Å². The largest absolute Gasteiger partial charge is 0.490 e. The summed E-state index contributed by atoms with van der Waals surface area (Å²) in [5, 5.41) is 3.23. The third-order valence-electron chi connectivity index (χ3n) is 2.62. The minimum Gasteiger partial charge on any atom is -0.490 e. The van der Waals surface area contributed by atoms with Crippen LogP contribution in [-0.4, -0.2) is 25.8 Å². The molecule has 1 heterocycles. The number of alkyl halides is 2. The third kappa shape index (κ3) is 3.85. The van der Waals surface area contributed by atoms with Crippen molar-refractivity contribution in [3.05, 3.63) is 24.3 Å². The second kappa shape index (κ2) is 5.82. The number of hydrogen-bond donors (Lipinski definition) is 1. The molecule has 1 N–H and O–H groups in total. The van der Waals surface area contributed by atoms with E-state index in [1.54, 1.807) is 12.1 Å². The van der Waals surface area contributed by atoms with Gasteiger partial charge in [-0.25, -0.2) is 0 Å². The Labute approximate surface area is 98.7 Å². The Kier molecular flexibility index (Phi) is 4.14. The van der Waals surface area contributed by atoms with E-state index in [0.717, 1.165) is 25.9 Å². The van der Waals surface area contributed by atoms with Crippen LogP contribution in [0.5, 0.6) is 11.5 Å². The lowest BCUT2D eigenvalue weighted by atomic mass is 10.1. The molecule has 3 nitrogen and oxygen atoms in total. The highest BCUT2D eigenvalue weighted by atomic mass is 19.3. The monoisotopic (exact) mass is 243 g/mol. The summed E-state index contributed by atoms with van der Waals surface area (Å²) < 4.78 is 34.1. The van der Waals surface area contributed by atoms with Gasteiger partial charge in [-0.2, -0.15) is 8.78 Å². The van der Waals surface area contributed by atoms with E-state index in [4.69, 9.17) is 4.74 Å². The molecule has 5 heteroatoms. The van der Waals surface area contributed by atoms with Crippen molar-refractivity contribution in [3.8, 4) is 11.5 Å². The zero-order valence-electron chi connectivity index (χ0n) is 9.36. The third-order valence-corrected chi connectivity index (χ3v) is 2.62. The number of ether oxygens (including phenoxy) is 2. The van der Waals surface area contributed by atoms with E-state index in [2.05, 4.69) is 10.1 Å². The normalized spacial score (nSPS) is 17.1. The Morgan fingerprint density at radius 3 is 2.59 bits per heavy atom. The Balaban J connectivity index is 1.95. The Hall–Kier alpha value is -1.36. The molecule has 0 saturated carbocycles. The molecule has 94 valence electrons. The highest BCUT2D eigenvalue weighted by Gasteiger charge is 2.14. The maximum Gasteiger partial charge on any atom is 0.387 e. The van der Waals surface area contributed by atoms with Gasteiger partial charge in [0, 0.05) is 6.07 Å². The molecular weight excluding hydrogens is 228 g/mol.